The monoisotopic (exact) mass is 395 g/mol. The van der Waals surface area contributed by atoms with Crippen LogP contribution in [0.2, 0.25) is 5.02 Å². The molecule has 0 fully saturated rings. The molecule has 0 aliphatic rings. The summed E-state index contributed by atoms with van der Waals surface area (Å²) in [7, 11) is 2.98. The van der Waals surface area contributed by atoms with E-state index in [0.717, 1.165) is 16.6 Å². The summed E-state index contributed by atoms with van der Waals surface area (Å²) in [5.74, 6) is 0.593. The summed E-state index contributed by atoms with van der Waals surface area (Å²) in [6.07, 6.45) is 0. The van der Waals surface area contributed by atoms with E-state index in [-0.39, 0.29) is 11.2 Å². The Balaban J connectivity index is 2.02. The van der Waals surface area contributed by atoms with Crippen molar-refractivity contribution in [3.05, 3.63) is 75.4 Å². The Hall–Kier alpha value is -3.18. The number of benzene rings is 3. The van der Waals surface area contributed by atoms with E-state index in [1.54, 1.807) is 30.3 Å². The van der Waals surface area contributed by atoms with Crippen LogP contribution < -0.4 is 14.9 Å². The fraction of sp³-hybridized carbons (Fsp3) is 0.136. The summed E-state index contributed by atoms with van der Waals surface area (Å²) in [6.45, 7) is 0.435. The van der Waals surface area contributed by atoms with E-state index in [4.69, 9.17) is 21.1 Å². The lowest BCUT2D eigenvalue weighted by atomic mass is 10.1. The van der Waals surface area contributed by atoms with E-state index in [0.29, 0.717) is 33.8 Å². The lowest BCUT2D eigenvalue weighted by Gasteiger charge is -2.17. The molecule has 0 saturated heterocycles. The first-order chi connectivity index (χ1) is 13.5. The van der Waals surface area contributed by atoms with Crippen LogP contribution in [0.15, 0.2) is 59.4 Å². The molecule has 1 heterocycles. The third-order valence-corrected chi connectivity index (χ3v) is 5.05. The van der Waals surface area contributed by atoms with Crippen LogP contribution in [0.1, 0.15) is 5.56 Å². The number of hydrogen-bond acceptors (Lipinski definition) is 4. The SMILES string of the molecule is COc1cc(Cn2c3ccccc3c(=O)c3ccc(Cl)cc32)cc(OC)c1O. The molecule has 3 aromatic carbocycles. The summed E-state index contributed by atoms with van der Waals surface area (Å²) >= 11 is 6.22. The number of aromatic nitrogens is 1. The van der Waals surface area contributed by atoms with Crippen molar-refractivity contribution in [1.29, 1.82) is 0 Å². The Kier molecular flexibility index (Phi) is 4.61. The van der Waals surface area contributed by atoms with Crippen molar-refractivity contribution in [2.24, 2.45) is 0 Å². The summed E-state index contributed by atoms with van der Waals surface area (Å²) < 4.78 is 12.6. The number of hydrogen-bond donors (Lipinski definition) is 1. The molecule has 5 nitrogen and oxygen atoms in total. The average molecular weight is 396 g/mol. The Labute approximate surface area is 166 Å². The molecule has 0 bridgehead atoms. The zero-order chi connectivity index (χ0) is 19.8. The highest BCUT2D eigenvalue weighted by Gasteiger charge is 2.15. The van der Waals surface area contributed by atoms with Crippen LogP contribution in [0.5, 0.6) is 17.2 Å². The quantitative estimate of drug-likeness (QED) is 0.514. The number of nitrogens with zero attached hydrogens (tertiary/aromatic N) is 1. The molecule has 0 aliphatic carbocycles. The molecule has 0 unspecified atom stereocenters. The van der Waals surface area contributed by atoms with Gasteiger partial charge in [0.25, 0.3) is 0 Å². The predicted octanol–water partition coefficient (Wildman–Crippen LogP) is 4.58. The molecule has 142 valence electrons. The van der Waals surface area contributed by atoms with Gasteiger partial charge in [-0.25, -0.2) is 0 Å². The van der Waals surface area contributed by atoms with E-state index >= 15 is 0 Å². The second kappa shape index (κ2) is 7.09. The highest BCUT2D eigenvalue weighted by Crippen LogP contribution is 2.37. The van der Waals surface area contributed by atoms with Crippen LogP contribution in [0, 0.1) is 0 Å². The van der Waals surface area contributed by atoms with Crippen molar-refractivity contribution in [1.82, 2.24) is 4.57 Å². The Morgan fingerprint density at radius 3 is 2.25 bits per heavy atom. The predicted molar refractivity (Wildman–Crippen MR) is 111 cm³/mol. The molecule has 0 atom stereocenters. The molecule has 0 amide bonds. The van der Waals surface area contributed by atoms with Gasteiger partial charge in [0.1, 0.15) is 0 Å². The number of pyridine rings is 1. The van der Waals surface area contributed by atoms with E-state index in [9.17, 15) is 9.90 Å². The topological polar surface area (TPSA) is 60.7 Å². The van der Waals surface area contributed by atoms with Crippen molar-refractivity contribution in [2.75, 3.05) is 14.2 Å². The average Bonchev–Trinajstić information content (AvgIpc) is 2.71. The minimum Gasteiger partial charge on any atom is -0.502 e. The van der Waals surface area contributed by atoms with Crippen LogP contribution in [0.25, 0.3) is 21.8 Å². The van der Waals surface area contributed by atoms with Crippen LogP contribution in [0.3, 0.4) is 0 Å². The summed E-state index contributed by atoms with van der Waals surface area (Å²) in [5, 5.41) is 12.0. The zero-order valence-corrected chi connectivity index (χ0v) is 16.2. The normalized spacial score (nSPS) is 11.1. The second-order valence-corrected chi connectivity index (χ2v) is 6.88. The van der Waals surface area contributed by atoms with Gasteiger partial charge in [-0.3, -0.25) is 4.79 Å². The molecule has 1 N–H and O–H groups in total. The standard InChI is InChI=1S/C22H18ClNO4/c1-27-19-9-13(10-20(28-2)22(19)26)12-24-17-6-4-3-5-15(17)21(25)16-8-7-14(23)11-18(16)24/h3-11,26H,12H2,1-2H3. The first kappa shape index (κ1) is 18.2. The highest BCUT2D eigenvalue weighted by atomic mass is 35.5. The molecule has 0 aliphatic heterocycles. The fourth-order valence-electron chi connectivity index (χ4n) is 3.49. The van der Waals surface area contributed by atoms with Gasteiger partial charge in [0, 0.05) is 22.3 Å². The van der Waals surface area contributed by atoms with Crippen molar-refractivity contribution in [3.63, 3.8) is 0 Å². The number of para-hydroxylation sites is 1. The van der Waals surface area contributed by atoms with Gasteiger partial charge < -0.3 is 19.1 Å². The molecular formula is C22H18ClNO4. The molecule has 6 heteroatoms. The Bertz CT molecular complexity index is 1240. The van der Waals surface area contributed by atoms with E-state index < -0.39 is 0 Å². The summed E-state index contributed by atoms with van der Waals surface area (Å²) in [6, 6.07) is 16.2. The fourth-order valence-corrected chi connectivity index (χ4v) is 3.65. The second-order valence-electron chi connectivity index (χ2n) is 6.44. The van der Waals surface area contributed by atoms with Gasteiger partial charge in [0.15, 0.2) is 16.9 Å². The Morgan fingerprint density at radius 1 is 0.929 bits per heavy atom. The zero-order valence-electron chi connectivity index (χ0n) is 15.4. The van der Waals surface area contributed by atoms with Gasteiger partial charge in [-0.2, -0.15) is 0 Å². The molecule has 4 rings (SSSR count). The van der Waals surface area contributed by atoms with Crippen molar-refractivity contribution in [3.8, 4) is 17.2 Å². The van der Waals surface area contributed by atoms with E-state index in [1.807, 2.05) is 28.8 Å². The molecule has 4 aromatic rings. The summed E-state index contributed by atoms with van der Waals surface area (Å²) in [5.41, 5.74) is 2.36. The number of fused-ring (bicyclic) bond motifs is 2. The third kappa shape index (κ3) is 2.94. The van der Waals surface area contributed by atoms with Crippen molar-refractivity contribution in [2.45, 2.75) is 6.54 Å². The first-order valence-electron chi connectivity index (χ1n) is 8.68. The van der Waals surface area contributed by atoms with Crippen LogP contribution in [-0.2, 0) is 6.54 Å². The smallest absolute Gasteiger partial charge is 0.200 e. The largest absolute Gasteiger partial charge is 0.502 e. The first-order valence-corrected chi connectivity index (χ1v) is 9.06. The van der Waals surface area contributed by atoms with E-state index in [2.05, 4.69) is 0 Å². The number of phenolic OH excluding ortho intramolecular Hbond substituents is 1. The third-order valence-electron chi connectivity index (χ3n) is 4.81. The Morgan fingerprint density at radius 2 is 1.57 bits per heavy atom. The number of ether oxygens (including phenoxy) is 2. The molecule has 0 spiro atoms. The van der Waals surface area contributed by atoms with Gasteiger partial charge in [0.2, 0.25) is 5.75 Å². The van der Waals surface area contributed by atoms with Gasteiger partial charge >= 0.3 is 0 Å². The lowest BCUT2D eigenvalue weighted by Crippen LogP contribution is -2.12. The van der Waals surface area contributed by atoms with Gasteiger partial charge in [-0.1, -0.05) is 23.7 Å². The van der Waals surface area contributed by atoms with Gasteiger partial charge in [-0.15, -0.1) is 0 Å². The maximum Gasteiger partial charge on any atom is 0.200 e. The van der Waals surface area contributed by atoms with Crippen LogP contribution in [-0.4, -0.2) is 23.9 Å². The molecule has 1 aromatic heterocycles. The van der Waals surface area contributed by atoms with Crippen molar-refractivity contribution < 1.29 is 14.6 Å². The van der Waals surface area contributed by atoms with Crippen LogP contribution in [0.4, 0.5) is 0 Å². The van der Waals surface area contributed by atoms with E-state index in [1.165, 1.54) is 14.2 Å². The molecule has 28 heavy (non-hydrogen) atoms. The number of methoxy groups -OCH3 is 2. The van der Waals surface area contributed by atoms with Gasteiger partial charge in [0.05, 0.1) is 25.3 Å². The number of aromatic hydroxyl groups is 1. The molecular weight excluding hydrogens is 378 g/mol. The maximum atomic E-state index is 12.9. The van der Waals surface area contributed by atoms with Gasteiger partial charge in [-0.05, 0) is 48.0 Å². The summed E-state index contributed by atoms with van der Waals surface area (Å²) in [4.78, 5) is 12.9. The number of phenols is 1. The molecule has 0 saturated carbocycles. The van der Waals surface area contributed by atoms with Crippen LogP contribution >= 0.6 is 11.6 Å². The van der Waals surface area contributed by atoms with Crippen molar-refractivity contribution >= 4 is 33.4 Å². The number of rotatable bonds is 4. The minimum absolute atomic E-state index is 0.0283. The maximum absolute atomic E-state index is 12.9. The lowest BCUT2D eigenvalue weighted by molar-refractivity contribution is 0.339. The highest BCUT2D eigenvalue weighted by molar-refractivity contribution is 6.31. The minimum atomic E-state index is -0.0496. The molecule has 0 radical (unpaired) electrons. The number of halogens is 1.